The minimum atomic E-state index is -4.31. The van der Waals surface area contributed by atoms with Crippen molar-refractivity contribution in [3.63, 3.8) is 0 Å². The van der Waals surface area contributed by atoms with Gasteiger partial charge in [-0.15, -0.1) is 0 Å². The fraction of sp³-hybridized carbons (Fsp3) is 0.529. The maximum absolute atomic E-state index is 12.6. The lowest BCUT2D eigenvalue weighted by Gasteiger charge is -2.28. The molecule has 2 aromatic rings. The van der Waals surface area contributed by atoms with Crippen molar-refractivity contribution in [2.75, 3.05) is 31.1 Å². The number of aromatic nitrogens is 3. The van der Waals surface area contributed by atoms with Crippen molar-refractivity contribution in [3.8, 4) is 0 Å². The van der Waals surface area contributed by atoms with Crippen LogP contribution < -0.4 is 14.8 Å². The summed E-state index contributed by atoms with van der Waals surface area (Å²) in [5.74, 6) is 1.75. The van der Waals surface area contributed by atoms with Crippen molar-refractivity contribution in [3.05, 3.63) is 41.1 Å². The molecule has 0 aliphatic carbocycles. The van der Waals surface area contributed by atoms with Crippen molar-refractivity contribution in [2.24, 2.45) is 0 Å². The number of hydrogen-bond donors (Lipinski definition) is 2. The molecule has 2 aromatic heterocycles. The van der Waals surface area contributed by atoms with Crippen molar-refractivity contribution in [1.29, 1.82) is 0 Å². The molecule has 1 aliphatic heterocycles. The van der Waals surface area contributed by atoms with E-state index in [0.29, 0.717) is 0 Å². The Morgan fingerprint density at radius 1 is 1.28 bits per heavy atom. The second kappa shape index (κ2) is 7.03. The second-order valence-corrected chi connectivity index (χ2v) is 6.48. The topological polar surface area (TPSA) is 50.5 Å². The fourth-order valence-corrected chi connectivity index (χ4v) is 3.17. The van der Waals surface area contributed by atoms with Crippen LogP contribution in [0.5, 0.6) is 0 Å². The van der Waals surface area contributed by atoms with Gasteiger partial charge in [-0.05, 0) is 13.0 Å². The van der Waals surface area contributed by atoms with Crippen LogP contribution in [0.4, 0.5) is 19.0 Å². The van der Waals surface area contributed by atoms with Gasteiger partial charge in [0.2, 0.25) is 0 Å². The minimum Gasteiger partial charge on any atom is -0.346 e. The van der Waals surface area contributed by atoms with Crippen LogP contribution in [0.15, 0.2) is 18.3 Å². The Labute approximate surface area is 144 Å². The maximum atomic E-state index is 12.6. The lowest BCUT2D eigenvalue weighted by Crippen LogP contribution is -3.13. The number of rotatable bonds is 4. The van der Waals surface area contributed by atoms with Gasteiger partial charge in [0, 0.05) is 18.2 Å². The van der Waals surface area contributed by atoms with Gasteiger partial charge in [0.05, 0.1) is 5.56 Å². The van der Waals surface area contributed by atoms with E-state index in [4.69, 9.17) is 0 Å². The molecular formula is C17H24F3N5+2. The lowest BCUT2D eigenvalue weighted by molar-refractivity contribution is -0.914. The summed E-state index contributed by atoms with van der Waals surface area (Å²) in [6.45, 7) is 8.49. The Hall–Kier alpha value is -2.09. The van der Waals surface area contributed by atoms with Crippen LogP contribution in [0.1, 0.15) is 29.7 Å². The number of alkyl halides is 3. The zero-order chi connectivity index (χ0) is 18.0. The molecule has 1 aliphatic rings. The third-order valence-corrected chi connectivity index (χ3v) is 4.72. The molecule has 1 saturated heterocycles. The Morgan fingerprint density at radius 2 is 2.00 bits per heavy atom. The molecule has 3 N–H and O–H groups in total. The number of nitrogens with zero attached hydrogens (tertiary/aromatic N) is 2. The smallest absolute Gasteiger partial charge is 0.346 e. The summed E-state index contributed by atoms with van der Waals surface area (Å²) in [6.07, 6.45) is -2.38. The third-order valence-electron chi connectivity index (χ3n) is 4.72. The van der Waals surface area contributed by atoms with Gasteiger partial charge in [0.25, 0.3) is 5.82 Å². The predicted octanol–water partition coefficient (Wildman–Crippen LogP) is 1.02. The SMILES string of the molecule is CCc1nc(C[NH+]2CCN(c3ccc(C(F)(F)F)c[nH+]3)CC2)c(C)[nH]1. The molecule has 5 nitrogen and oxygen atoms in total. The highest BCUT2D eigenvalue weighted by atomic mass is 19.4. The molecule has 0 spiro atoms. The number of piperazine rings is 1. The number of aromatic amines is 2. The quantitative estimate of drug-likeness (QED) is 0.860. The minimum absolute atomic E-state index is 0.652. The van der Waals surface area contributed by atoms with E-state index < -0.39 is 11.7 Å². The van der Waals surface area contributed by atoms with E-state index in [0.717, 1.165) is 74.4 Å². The normalized spacial score (nSPS) is 16.4. The van der Waals surface area contributed by atoms with E-state index in [9.17, 15) is 13.2 Å². The monoisotopic (exact) mass is 355 g/mol. The number of aryl methyl sites for hydroxylation is 2. The molecule has 3 rings (SSSR count). The predicted molar refractivity (Wildman–Crippen MR) is 87.3 cm³/mol. The number of nitrogens with one attached hydrogen (secondary N) is 3. The molecule has 0 amide bonds. The number of anilines is 1. The summed E-state index contributed by atoms with van der Waals surface area (Å²) >= 11 is 0. The molecule has 0 aromatic carbocycles. The van der Waals surface area contributed by atoms with E-state index in [1.165, 1.54) is 11.0 Å². The van der Waals surface area contributed by atoms with Gasteiger partial charge in [-0.3, -0.25) is 4.90 Å². The number of halogens is 3. The van der Waals surface area contributed by atoms with Crippen molar-refractivity contribution >= 4 is 5.82 Å². The van der Waals surface area contributed by atoms with Crippen molar-refractivity contribution in [1.82, 2.24) is 9.97 Å². The van der Waals surface area contributed by atoms with Crippen LogP contribution in [-0.4, -0.2) is 36.1 Å². The van der Waals surface area contributed by atoms with Crippen LogP contribution in [0.25, 0.3) is 0 Å². The standard InChI is InChI=1S/C17H22F3N5/c1-3-15-22-12(2)14(23-15)11-24-6-8-25(9-7-24)16-5-4-13(10-21-16)17(18,19)20/h4-5,10H,3,6-9,11H2,1-2H3,(H,22,23)/p+2. The summed E-state index contributed by atoms with van der Waals surface area (Å²) < 4.78 is 37.9. The Bertz CT molecular complexity index is 700. The largest absolute Gasteiger partial charge is 0.419 e. The average molecular weight is 355 g/mol. The second-order valence-electron chi connectivity index (χ2n) is 6.48. The van der Waals surface area contributed by atoms with Crippen LogP contribution in [0.2, 0.25) is 0 Å². The molecule has 0 radical (unpaired) electrons. The van der Waals surface area contributed by atoms with E-state index in [2.05, 4.69) is 26.8 Å². The van der Waals surface area contributed by atoms with E-state index in [-0.39, 0.29) is 0 Å². The number of hydrogen-bond acceptors (Lipinski definition) is 2. The van der Waals surface area contributed by atoms with Crippen LogP contribution in [-0.2, 0) is 19.1 Å². The third kappa shape index (κ3) is 4.12. The van der Waals surface area contributed by atoms with Gasteiger partial charge in [0.15, 0.2) is 0 Å². The molecule has 3 heterocycles. The van der Waals surface area contributed by atoms with E-state index in [1.807, 2.05) is 6.92 Å². The zero-order valence-corrected chi connectivity index (χ0v) is 14.5. The summed E-state index contributed by atoms with van der Waals surface area (Å²) in [5.41, 5.74) is 1.59. The Balaban J connectivity index is 1.57. The highest BCUT2D eigenvalue weighted by Crippen LogP contribution is 2.28. The molecule has 0 saturated carbocycles. The summed E-state index contributed by atoms with van der Waals surface area (Å²) in [6, 6.07) is 2.64. The van der Waals surface area contributed by atoms with Crippen LogP contribution >= 0.6 is 0 Å². The first-order valence-electron chi connectivity index (χ1n) is 8.58. The first-order chi connectivity index (χ1) is 11.9. The van der Waals surface area contributed by atoms with Crippen molar-refractivity contribution < 1.29 is 23.1 Å². The molecule has 0 unspecified atom stereocenters. The number of pyridine rings is 1. The van der Waals surface area contributed by atoms with E-state index in [1.54, 1.807) is 0 Å². The van der Waals surface area contributed by atoms with Crippen LogP contribution in [0.3, 0.4) is 0 Å². The maximum Gasteiger partial charge on any atom is 0.419 e. The summed E-state index contributed by atoms with van der Waals surface area (Å²) in [7, 11) is 0. The molecule has 136 valence electrons. The van der Waals surface area contributed by atoms with Gasteiger partial charge in [0.1, 0.15) is 50.4 Å². The van der Waals surface area contributed by atoms with Gasteiger partial charge in [-0.25, -0.2) is 9.97 Å². The van der Waals surface area contributed by atoms with E-state index >= 15 is 0 Å². The highest BCUT2D eigenvalue weighted by molar-refractivity contribution is 5.34. The number of imidazole rings is 1. The van der Waals surface area contributed by atoms with Gasteiger partial charge in [-0.2, -0.15) is 13.2 Å². The molecular weight excluding hydrogens is 331 g/mol. The zero-order valence-electron chi connectivity index (χ0n) is 14.5. The average Bonchev–Trinajstić information content (AvgIpc) is 2.95. The lowest BCUT2D eigenvalue weighted by atomic mass is 10.2. The molecule has 8 heteroatoms. The molecule has 25 heavy (non-hydrogen) atoms. The first-order valence-corrected chi connectivity index (χ1v) is 8.58. The van der Waals surface area contributed by atoms with Gasteiger partial charge in [-0.1, -0.05) is 6.92 Å². The molecule has 0 atom stereocenters. The summed E-state index contributed by atoms with van der Waals surface area (Å²) in [5, 5.41) is 0. The molecule has 1 fully saturated rings. The van der Waals surface area contributed by atoms with Gasteiger partial charge >= 0.3 is 6.18 Å². The fourth-order valence-electron chi connectivity index (χ4n) is 3.17. The van der Waals surface area contributed by atoms with Crippen LogP contribution in [0, 0.1) is 6.92 Å². The number of quaternary nitrogens is 1. The Morgan fingerprint density at radius 3 is 2.52 bits per heavy atom. The highest BCUT2D eigenvalue weighted by Gasteiger charge is 2.33. The van der Waals surface area contributed by atoms with Gasteiger partial charge < -0.3 is 9.88 Å². The number of H-pyrrole nitrogens is 2. The first kappa shape index (κ1) is 17.7. The molecule has 0 bridgehead atoms. The Kier molecular flexibility index (Phi) is 4.99. The van der Waals surface area contributed by atoms with Crippen molar-refractivity contribution in [2.45, 2.75) is 33.0 Å². The summed E-state index contributed by atoms with van der Waals surface area (Å²) in [4.78, 5) is 14.3.